The number of aliphatic hydroxyl groups excluding tert-OH is 1. The van der Waals surface area contributed by atoms with Crippen LogP contribution in [0.15, 0.2) is 0 Å². The van der Waals surface area contributed by atoms with Crippen LogP contribution in [0.25, 0.3) is 0 Å². The van der Waals surface area contributed by atoms with Crippen molar-refractivity contribution in [1.29, 1.82) is 0 Å². The zero-order chi connectivity index (χ0) is 21.1. The highest BCUT2D eigenvalue weighted by Crippen LogP contribution is 2.41. The molecular weight excluding hydrogens is 383 g/mol. The van der Waals surface area contributed by atoms with Gasteiger partial charge in [0.05, 0.1) is 6.61 Å². The van der Waals surface area contributed by atoms with Gasteiger partial charge in [-0.2, -0.15) is 0 Å². The van der Waals surface area contributed by atoms with E-state index in [2.05, 4.69) is 16.0 Å². The van der Waals surface area contributed by atoms with E-state index in [1.54, 1.807) is 0 Å². The van der Waals surface area contributed by atoms with Gasteiger partial charge in [-0.25, -0.2) is 4.57 Å². The van der Waals surface area contributed by atoms with Crippen LogP contribution >= 0.6 is 7.82 Å². The number of hydrogen-bond donors (Lipinski definition) is 2. The monoisotopic (exact) mass is 424 g/mol. The Balaban J connectivity index is 3.38. The SMILES string of the molecule is CCCCCCCCCCCCCCCC(=O)OC[C@@H](O)COP(=O)(O)OC. The molecular formula is C20H41O7P. The maximum absolute atomic E-state index is 11.6. The predicted molar refractivity (Wildman–Crippen MR) is 110 cm³/mol. The largest absolute Gasteiger partial charge is 0.472 e. The summed E-state index contributed by atoms with van der Waals surface area (Å²) < 4.78 is 24.7. The predicted octanol–water partition coefficient (Wildman–Crippen LogP) is 5.14. The third-order valence-corrected chi connectivity index (χ3v) is 5.52. The fourth-order valence-electron chi connectivity index (χ4n) is 2.83. The van der Waals surface area contributed by atoms with Gasteiger partial charge in [0.1, 0.15) is 12.7 Å². The number of carbonyl (C=O) groups is 1. The van der Waals surface area contributed by atoms with E-state index < -0.39 is 20.5 Å². The highest BCUT2D eigenvalue weighted by atomic mass is 31.2. The number of phosphoric ester groups is 1. The van der Waals surface area contributed by atoms with Crippen molar-refractivity contribution < 1.29 is 33.1 Å². The molecule has 0 heterocycles. The number of hydrogen-bond acceptors (Lipinski definition) is 6. The van der Waals surface area contributed by atoms with Gasteiger partial charge in [0.2, 0.25) is 0 Å². The van der Waals surface area contributed by atoms with E-state index in [-0.39, 0.29) is 12.6 Å². The summed E-state index contributed by atoms with van der Waals surface area (Å²) in [5, 5.41) is 9.55. The summed E-state index contributed by atoms with van der Waals surface area (Å²) in [5.41, 5.74) is 0. The molecule has 1 unspecified atom stereocenters. The van der Waals surface area contributed by atoms with Crippen molar-refractivity contribution in [2.24, 2.45) is 0 Å². The fourth-order valence-corrected chi connectivity index (χ4v) is 3.30. The molecule has 0 amide bonds. The first-order valence-electron chi connectivity index (χ1n) is 10.8. The fraction of sp³-hybridized carbons (Fsp3) is 0.950. The molecule has 0 spiro atoms. The second-order valence-electron chi connectivity index (χ2n) is 7.28. The van der Waals surface area contributed by atoms with Crippen LogP contribution in [0.2, 0.25) is 0 Å². The normalized spacial score (nSPS) is 14.6. The lowest BCUT2D eigenvalue weighted by Crippen LogP contribution is -2.23. The molecule has 8 heteroatoms. The molecule has 2 N–H and O–H groups in total. The number of unbranched alkanes of at least 4 members (excludes halogenated alkanes) is 12. The Morgan fingerprint density at radius 3 is 1.79 bits per heavy atom. The van der Waals surface area contributed by atoms with Gasteiger partial charge in [0.25, 0.3) is 0 Å². The maximum atomic E-state index is 11.6. The highest BCUT2D eigenvalue weighted by Gasteiger charge is 2.21. The summed E-state index contributed by atoms with van der Waals surface area (Å²) in [6.45, 7) is 1.54. The van der Waals surface area contributed by atoms with Gasteiger partial charge < -0.3 is 14.7 Å². The summed E-state index contributed by atoms with van der Waals surface area (Å²) in [7, 11) is -3.09. The van der Waals surface area contributed by atoms with Gasteiger partial charge in [-0.15, -0.1) is 0 Å². The third kappa shape index (κ3) is 18.9. The molecule has 0 saturated carbocycles. The van der Waals surface area contributed by atoms with Gasteiger partial charge >= 0.3 is 13.8 Å². The molecule has 0 aliphatic rings. The Kier molecular flexibility index (Phi) is 18.3. The standard InChI is InChI=1S/C20H41O7P/c1-3-4-5-6-7-8-9-10-11-12-13-14-15-16-20(22)26-17-19(21)18-27-28(23,24)25-2/h19,21H,3-18H2,1-2H3,(H,23,24)/t19-/m1/s1. The minimum absolute atomic E-state index is 0.263. The number of carbonyl (C=O) groups excluding carboxylic acids is 1. The van der Waals surface area contributed by atoms with Crippen LogP contribution in [0.5, 0.6) is 0 Å². The summed E-state index contributed by atoms with van der Waals surface area (Å²) in [6.07, 6.45) is 15.3. The first kappa shape index (κ1) is 27.5. The Morgan fingerprint density at radius 1 is 0.857 bits per heavy atom. The second-order valence-corrected chi connectivity index (χ2v) is 8.84. The molecule has 7 nitrogen and oxygen atoms in total. The zero-order valence-corrected chi connectivity index (χ0v) is 18.7. The summed E-state index contributed by atoms with van der Waals surface area (Å²) in [5.74, 6) is -0.374. The van der Waals surface area contributed by atoms with Crippen molar-refractivity contribution >= 4 is 13.8 Å². The summed E-state index contributed by atoms with van der Waals surface area (Å²) in [4.78, 5) is 20.6. The van der Waals surface area contributed by atoms with E-state index in [0.29, 0.717) is 6.42 Å². The molecule has 0 aromatic heterocycles. The van der Waals surface area contributed by atoms with E-state index in [9.17, 15) is 14.5 Å². The van der Waals surface area contributed by atoms with Gasteiger partial charge in [-0.3, -0.25) is 13.8 Å². The summed E-state index contributed by atoms with van der Waals surface area (Å²) >= 11 is 0. The molecule has 0 rings (SSSR count). The van der Waals surface area contributed by atoms with Crippen LogP contribution in [0, 0.1) is 0 Å². The number of esters is 1. The van der Waals surface area contributed by atoms with Crippen molar-refractivity contribution in [1.82, 2.24) is 0 Å². The average molecular weight is 425 g/mol. The molecule has 0 radical (unpaired) electrons. The summed E-state index contributed by atoms with van der Waals surface area (Å²) in [6, 6.07) is 0. The number of phosphoric acid groups is 1. The van der Waals surface area contributed by atoms with Crippen LogP contribution in [-0.2, 0) is 23.1 Å². The molecule has 0 fully saturated rings. The lowest BCUT2D eigenvalue weighted by molar-refractivity contribution is -0.147. The lowest BCUT2D eigenvalue weighted by Gasteiger charge is -2.13. The molecule has 168 valence electrons. The Labute approximate surface area is 170 Å². The second kappa shape index (κ2) is 18.6. The molecule has 0 bridgehead atoms. The minimum Gasteiger partial charge on any atom is -0.463 e. The zero-order valence-electron chi connectivity index (χ0n) is 17.8. The quantitative estimate of drug-likeness (QED) is 0.159. The maximum Gasteiger partial charge on any atom is 0.472 e. The van der Waals surface area contributed by atoms with Crippen molar-refractivity contribution in [3.63, 3.8) is 0 Å². The lowest BCUT2D eigenvalue weighted by atomic mass is 10.0. The molecule has 0 aliphatic carbocycles. The Hall–Kier alpha value is -0.460. The van der Waals surface area contributed by atoms with Crippen LogP contribution in [-0.4, -0.2) is 42.4 Å². The Bertz CT molecular complexity index is 417. The van der Waals surface area contributed by atoms with Crippen LogP contribution in [0.1, 0.15) is 96.8 Å². The van der Waals surface area contributed by atoms with Crippen LogP contribution < -0.4 is 0 Å². The highest BCUT2D eigenvalue weighted by molar-refractivity contribution is 7.47. The molecule has 28 heavy (non-hydrogen) atoms. The van der Waals surface area contributed by atoms with E-state index in [1.165, 1.54) is 64.2 Å². The van der Waals surface area contributed by atoms with E-state index in [4.69, 9.17) is 9.63 Å². The van der Waals surface area contributed by atoms with Crippen molar-refractivity contribution in [3.05, 3.63) is 0 Å². The molecule has 0 saturated heterocycles. The van der Waals surface area contributed by atoms with Crippen LogP contribution in [0.4, 0.5) is 0 Å². The van der Waals surface area contributed by atoms with Gasteiger partial charge in [-0.05, 0) is 6.42 Å². The number of ether oxygens (including phenoxy) is 1. The van der Waals surface area contributed by atoms with Gasteiger partial charge in [-0.1, -0.05) is 84.0 Å². The van der Waals surface area contributed by atoms with Crippen molar-refractivity contribution in [3.8, 4) is 0 Å². The van der Waals surface area contributed by atoms with Crippen molar-refractivity contribution in [2.75, 3.05) is 20.3 Å². The van der Waals surface area contributed by atoms with E-state index in [0.717, 1.165) is 26.4 Å². The van der Waals surface area contributed by atoms with E-state index >= 15 is 0 Å². The first-order chi connectivity index (χ1) is 13.4. The molecule has 0 aromatic rings. The van der Waals surface area contributed by atoms with E-state index in [1.807, 2.05) is 0 Å². The van der Waals surface area contributed by atoms with Gasteiger partial charge in [0.15, 0.2) is 0 Å². The van der Waals surface area contributed by atoms with Crippen LogP contribution in [0.3, 0.4) is 0 Å². The average Bonchev–Trinajstić information content (AvgIpc) is 2.68. The Morgan fingerprint density at radius 2 is 1.32 bits per heavy atom. The smallest absolute Gasteiger partial charge is 0.463 e. The third-order valence-electron chi connectivity index (χ3n) is 4.58. The first-order valence-corrected chi connectivity index (χ1v) is 12.3. The molecule has 2 atom stereocenters. The number of aliphatic hydroxyl groups is 1. The molecule has 0 aromatic carbocycles. The molecule has 0 aliphatic heterocycles. The van der Waals surface area contributed by atoms with Gasteiger partial charge in [0, 0.05) is 13.5 Å². The topological polar surface area (TPSA) is 102 Å². The number of rotatable bonds is 20. The minimum atomic E-state index is -4.12. The van der Waals surface area contributed by atoms with Crippen molar-refractivity contribution in [2.45, 2.75) is 103 Å².